The molecule has 4 nitrogen and oxygen atoms in total. The Kier molecular flexibility index (Phi) is 4.26. The van der Waals surface area contributed by atoms with Gasteiger partial charge in [0.1, 0.15) is 5.92 Å². The molecule has 0 bridgehead atoms. The van der Waals surface area contributed by atoms with E-state index in [0.717, 1.165) is 23.7 Å². The summed E-state index contributed by atoms with van der Waals surface area (Å²) in [5.41, 5.74) is 0.916. The minimum absolute atomic E-state index is 0.139. The van der Waals surface area contributed by atoms with Gasteiger partial charge in [0.15, 0.2) is 5.13 Å². The predicted octanol–water partition coefficient (Wildman–Crippen LogP) is 3.97. The molecule has 2 aromatic rings. The summed E-state index contributed by atoms with van der Waals surface area (Å²) in [6, 6.07) is 4.40. The molecule has 0 saturated carbocycles. The van der Waals surface area contributed by atoms with Crippen LogP contribution in [0.2, 0.25) is 0 Å². The fourth-order valence-electron chi connectivity index (χ4n) is 2.56. The maximum Gasteiger partial charge on any atom is 0.315 e. The van der Waals surface area contributed by atoms with Crippen molar-refractivity contribution in [3.8, 4) is 0 Å². The smallest absolute Gasteiger partial charge is 0.315 e. The van der Waals surface area contributed by atoms with E-state index >= 15 is 0 Å². The van der Waals surface area contributed by atoms with Crippen LogP contribution in [0.4, 0.5) is 5.13 Å². The molecule has 0 saturated heterocycles. The van der Waals surface area contributed by atoms with E-state index in [-0.39, 0.29) is 17.9 Å². The van der Waals surface area contributed by atoms with Crippen molar-refractivity contribution in [2.45, 2.75) is 38.6 Å². The van der Waals surface area contributed by atoms with Crippen molar-refractivity contribution in [3.05, 3.63) is 33.0 Å². The van der Waals surface area contributed by atoms with E-state index in [0.29, 0.717) is 6.61 Å². The van der Waals surface area contributed by atoms with E-state index in [9.17, 15) is 4.79 Å². The molecule has 2 aromatic heterocycles. The molecule has 0 amide bonds. The Morgan fingerprint density at radius 3 is 3.19 bits per heavy atom. The predicted molar refractivity (Wildman–Crippen MR) is 86.2 cm³/mol. The topological polar surface area (TPSA) is 51.2 Å². The van der Waals surface area contributed by atoms with Gasteiger partial charge >= 0.3 is 5.97 Å². The zero-order valence-electron chi connectivity index (χ0n) is 12.1. The van der Waals surface area contributed by atoms with E-state index in [4.69, 9.17) is 4.74 Å². The third kappa shape index (κ3) is 2.96. The Bertz CT molecular complexity index is 622. The van der Waals surface area contributed by atoms with Crippen LogP contribution in [0.25, 0.3) is 0 Å². The second-order valence-corrected chi connectivity index (χ2v) is 7.12. The lowest BCUT2D eigenvalue weighted by atomic mass is 10.1. The normalized spacial score (nSPS) is 18.3. The summed E-state index contributed by atoms with van der Waals surface area (Å²) in [4.78, 5) is 19.1. The van der Waals surface area contributed by atoms with Crippen LogP contribution in [0.3, 0.4) is 0 Å². The van der Waals surface area contributed by atoms with Gasteiger partial charge in [-0.15, -0.1) is 22.7 Å². The summed E-state index contributed by atoms with van der Waals surface area (Å²) < 4.78 is 5.14. The third-order valence-corrected chi connectivity index (χ3v) is 5.72. The van der Waals surface area contributed by atoms with Crippen LogP contribution in [0.1, 0.15) is 47.7 Å². The lowest BCUT2D eigenvalue weighted by Crippen LogP contribution is -2.14. The molecule has 6 heteroatoms. The van der Waals surface area contributed by atoms with Gasteiger partial charge in [0.25, 0.3) is 0 Å². The number of thiazole rings is 1. The Morgan fingerprint density at radius 2 is 2.48 bits per heavy atom. The quantitative estimate of drug-likeness (QED) is 0.846. The molecule has 1 aliphatic carbocycles. The molecule has 0 aliphatic heterocycles. The summed E-state index contributed by atoms with van der Waals surface area (Å²) in [6.07, 6.45) is 1.75. The first-order chi connectivity index (χ1) is 10.2. The molecule has 0 aromatic carbocycles. The fourth-order valence-corrected chi connectivity index (χ4v) is 4.42. The zero-order chi connectivity index (χ0) is 14.8. The molecule has 2 unspecified atom stereocenters. The van der Waals surface area contributed by atoms with Gasteiger partial charge in [0.2, 0.25) is 0 Å². The molecule has 112 valence electrons. The highest BCUT2D eigenvalue weighted by atomic mass is 32.1. The van der Waals surface area contributed by atoms with Crippen molar-refractivity contribution in [2.24, 2.45) is 0 Å². The summed E-state index contributed by atoms with van der Waals surface area (Å²) in [5, 5.41) is 6.40. The number of fused-ring (bicyclic) bond motifs is 1. The number of rotatable bonds is 5. The van der Waals surface area contributed by atoms with Gasteiger partial charge in [0, 0.05) is 9.75 Å². The van der Waals surface area contributed by atoms with Crippen LogP contribution in [-0.2, 0) is 16.0 Å². The highest BCUT2D eigenvalue weighted by Gasteiger charge is 2.33. The van der Waals surface area contributed by atoms with E-state index in [1.807, 2.05) is 6.92 Å². The van der Waals surface area contributed by atoms with Crippen molar-refractivity contribution >= 4 is 33.8 Å². The number of nitrogens with one attached hydrogen (secondary N) is 1. The van der Waals surface area contributed by atoms with Gasteiger partial charge in [-0.1, -0.05) is 6.07 Å². The Labute approximate surface area is 132 Å². The molecule has 1 aliphatic rings. The average Bonchev–Trinajstić information content (AvgIpc) is 3.14. The number of esters is 1. The van der Waals surface area contributed by atoms with E-state index in [2.05, 4.69) is 34.7 Å². The second kappa shape index (κ2) is 6.15. The van der Waals surface area contributed by atoms with Gasteiger partial charge in [-0.25, -0.2) is 4.98 Å². The Balaban J connectivity index is 1.73. The lowest BCUT2D eigenvalue weighted by Gasteiger charge is -2.11. The van der Waals surface area contributed by atoms with Crippen LogP contribution < -0.4 is 5.32 Å². The van der Waals surface area contributed by atoms with Crippen LogP contribution >= 0.6 is 22.7 Å². The summed E-state index contributed by atoms with van der Waals surface area (Å²) in [5.74, 6) is -0.316. The van der Waals surface area contributed by atoms with Gasteiger partial charge in [0.05, 0.1) is 18.3 Å². The molecule has 1 N–H and O–H groups in total. The number of carbonyl (C=O) groups excluding carboxylic acids is 1. The molecular formula is C15H18N2O2S2. The first-order valence-electron chi connectivity index (χ1n) is 7.15. The minimum atomic E-state index is -0.177. The summed E-state index contributed by atoms with van der Waals surface area (Å²) in [7, 11) is 0. The van der Waals surface area contributed by atoms with Crippen molar-refractivity contribution in [1.82, 2.24) is 4.98 Å². The third-order valence-electron chi connectivity index (χ3n) is 3.60. The molecular weight excluding hydrogens is 304 g/mol. The van der Waals surface area contributed by atoms with Crippen LogP contribution in [0.5, 0.6) is 0 Å². The van der Waals surface area contributed by atoms with Crippen molar-refractivity contribution in [1.29, 1.82) is 0 Å². The van der Waals surface area contributed by atoms with Crippen molar-refractivity contribution < 1.29 is 9.53 Å². The lowest BCUT2D eigenvalue weighted by molar-refractivity contribution is -0.145. The summed E-state index contributed by atoms with van der Waals surface area (Å²) in [6.45, 7) is 4.39. The number of ether oxygens (including phenoxy) is 1. The molecule has 0 spiro atoms. The second-order valence-electron chi connectivity index (χ2n) is 5.05. The highest BCUT2D eigenvalue weighted by molar-refractivity contribution is 7.15. The number of nitrogens with zero attached hydrogens (tertiary/aromatic N) is 1. The SMILES string of the molecule is CCOC(=O)C1CCc2sc(NC(C)c3cccs3)nc21. The summed E-state index contributed by atoms with van der Waals surface area (Å²) >= 11 is 3.39. The molecule has 2 atom stereocenters. The number of hydrogen-bond acceptors (Lipinski definition) is 6. The largest absolute Gasteiger partial charge is 0.465 e. The molecule has 0 radical (unpaired) electrons. The van der Waals surface area contributed by atoms with E-state index in [1.54, 1.807) is 22.7 Å². The first-order valence-corrected chi connectivity index (χ1v) is 8.84. The first kappa shape index (κ1) is 14.5. The fraction of sp³-hybridized carbons (Fsp3) is 0.467. The van der Waals surface area contributed by atoms with Crippen molar-refractivity contribution in [2.75, 3.05) is 11.9 Å². The number of carbonyl (C=O) groups is 1. The standard InChI is InChI=1S/C15H18N2O2S2/c1-3-19-14(18)10-6-7-12-13(10)17-15(21-12)16-9(2)11-5-4-8-20-11/h4-5,8-10H,3,6-7H2,1-2H3,(H,16,17). The minimum Gasteiger partial charge on any atom is -0.465 e. The van der Waals surface area contributed by atoms with Gasteiger partial charge < -0.3 is 10.1 Å². The van der Waals surface area contributed by atoms with Crippen LogP contribution in [0.15, 0.2) is 17.5 Å². The maximum atomic E-state index is 11.9. The molecule has 3 rings (SSSR count). The number of thiophene rings is 1. The Morgan fingerprint density at radius 1 is 1.62 bits per heavy atom. The average molecular weight is 322 g/mol. The van der Waals surface area contributed by atoms with Gasteiger partial charge in [-0.05, 0) is 38.1 Å². The van der Waals surface area contributed by atoms with Crippen LogP contribution in [-0.4, -0.2) is 17.6 Å². The number of aromatic nitrogens is 1. The molecule has 21 heavy (non-hydrogen) atoms. The Hall–Kier alpha value is -1.40. The molecule has 0 fully saturated rings. The number of hydrogen-bond donors (Lipinski definition) is 1. The van der Waals surface area contributed by atoms with Crippen molar-refractivity contribution in [3.63, 3.8) is 0 Å². The van der Waals surface area contributed by atoms with E-state index < -0.39 is 0 Å². The van der Waals surface area contributed by atoms with E-state index in [1.165, 1.54) is 9.75 Å². The van der Waals surface area contributed by atoms with Gasteiger partial charge in [-0.3, -0.25) is 4.79 Å². The van der Waals surface area contributed by atoms with Gasteiger partial charge in [-0.2, -0.15) is 0 Å². The number of anilines is 1. The highest BCUT2D eigenvalue weighted by Crippen LogP contribution is 2.39. The molecule has 2 heterocycles. The number of aryl methyl sites for hydroxylation is 1. The monoisotopic (exact) mass is 322 g/mol. The zero-order valence-corrected chi connectivity index (χ0v) is 13.7. The maximum absolute atomic E-state index is 11.9. The van der Waals surface area contributed by atoms with Crippen LogP contribution in [0, 0.1) is 0 Å².